The lowest BCUT2D eigenvalue weighted by atomic mass is 9.73. The smallest absolute Gasteiger partial charge is 0.410 e. The molecule has 0 radical (unpaired) electrons. The Morgan fingerprint density at radius 3 is 2.20 bits per heavy atom. The minimum Gasteiger partial charge on any atom is -0.444 e. The van der Waals surface area contributed by atoms with E-state index in [9.17, 15) is 9.59 Å². The van der Waals surface area contributed by atoms with Gasteiger partial charge in [-0.3, -0.25) is 14.5 Å². The van der Waals surface area contributed by atoms with Crippen LogP contribution in [0.15, 0.2) is 30.6 Å². The summed E-state index contributed by atoms with van der Waals surface area (Å²) in [4.78, 5) is 63.1. The quantitative estimate of drug-likeness (QED) is 0.262. The van der Waals surface area contributed by atoms with Gasteiger partial charge in [0, 0.05) is 74.7 Å². The number of amides is 3. The van der Waals surface area contributed by atoms with Gasteiger partial charge in [-0.15, -0.1) is 0 Å². The van der Waals surface area contributed by atoms with Gasteiger partial charge < -0.3 is 34.2 Å². The van der Waals surface area contributed by atoms with Gasteiger partial charge in [0.2, 0.25) is 11.8 Å². The lowest BCUT2D eigenvalue weighted by Gasteiger charge is -2.49. The van der Waals surface area contributed by atoms with E-state index in [4.69, 9.17) is 14.7 Å². The van der Waals surface area contributed by atoms with Crippen LogP contribution >= 0.6 is 0 Å². The molecule has 1 N–H and O–H groups in total. The molecule has 59 heavy (non-hydrogen) atoms. The first-order valence-corrected chi connectivity index (χ1v) is 22.5. The third-order valence-corrected chi connectivity index (χ3v) is 14.2. The molecule has 318 valence electrons. The summed E-state index contributed by atoms with van der Waals surface area (Å²) in [6, 6.07) is 10.1. The van der Waals surface area contributed by atoms with Crippen LogP contribution in [0.3, 0.4) is 0 Å². The molecule has 0 atom stereocenters. The fourth-order valence-electron chi connectivity index (χ4n) is 10.5. The molecule has 2 aromatic heterocycles. The largest absolute Gasteiger partial charge is 0.444 e. The fraction of sp³-hybridized carbons (Fsp3) is 0.674. The third kappa shape index (κ3) is 7.38. The number of carbonyl (C=O) groups excluding carboxylic acids is 3. The van der Waals surface area contributed by atoms with E-state index in [2.05, 4.69) is 62.7 Å². The Morgan fingerprint density at radius 2 is 1.56 bits per heavy atom. The van der Waals surface area contributed by atoms with Crippen LogP contribution in [-0.4, -0.2) is 134 Å². The highest BCUT2D eigenvalue weighted by Crippen LogP contribution is 2.52. The molecule has 1 spiro atoms. The topological polar surface area (TPSA) is 119 Å². The number of imidazole rings is 1. The number of nitrogens with zero attached hydrogens (tertiary/aromatic N) is 8. The fourth-order valence-corrected chi connectivity index (χ4v) is 10.5. The highest BCUT2D eigenvalue weighted by Gasteiger charge is 2.56. The first-order chi connectivity index (χ1) is 28.1. The van der Waals surface area contributed by atoms with Crippen LogP contribution in [0.5, 0.6) is 0 Å². The molecule has 6 aliphatic rings. The number of fused-ring (bicyclic) bond motifs is 3. The van der Waals surface area contributed by atoms with E-state index in [1.807, 2.05) is 45.8 Å². The Hall–Kier alpha value is -4.23. The molecule has 13 heteroatoms. The predicted molar refractivity (Wildman–Crippen MR) is 231 cm³/mol. The highest BCUT2D eigenvalue weighted by molar-refractivity contribution is 6.09. The number of carbonyl (C=O) groups is 3. The molecule has 3 amide bonds. The number of hydrogen-bond acceptors (Lipinski definition) is 9. The Labute approximate surface area is 349 Å². The number of pyridine rings is 1. The zero-order valence-electron chi connectivity index (χ0n) is 36.4. The van der Waals surface area contributed by atoms with Gasteiger partial charge in [0.1, 0.15) is 11.1 Å². The molecule has 2 saturated carbocycles. The van der Waals surface area contributed by atoms with Gasteiger partial charge in [-0.25, -0.2) is 14.8 Å². The molecule has 0 bridgehead atoms. The van der Waals surface area contributed by atoms with Crippen molar-refractivity contribution in [2.45, 2.75) is 147 Å². The number of nitrogens with one attached hydrogen (secondary N) is 1. The molecule has 4 aliphatic heterocycles. The van der Waals surface area contributed by atoms with Gasteiger partial charge in [-0.2, -0.15) is 0 Å². The summed E-state index contributed by atoms with van der Waals surface area (Å²) in [5, 5.41) is 3.70. The third-order valence-electron chi connectivity index (χ3n) is 14.2. The van der Waals surface area contributed by atoms with Gasteiger partial charge >= 0.3 is 6.09 Å². The van der Waals surface area contributed by atoms with Crippen molar-refractivity contribution >= 4 is 40.4 Å². The number of anilines is 2. The van der Waals surface area contributed by atoms with Crippen LogP contribution in [0.25, 0.3) is 22.3 Å². The van der Waals surface area contributed by atoms with Crippen LogP contribution in [0, 0.1) is 0 Å². The number of aromatic nitrogens is 3. The van der Waals surface area contributed by atoms with Crippen molar-refractivity contribution in [3.05, 3.63) is 36.2 Å². The van der Waals surface area contributed by atoms with E-state index in [0.29, 0.717) is 64.2 Å². The zero-order chi connectivity index (χ0) is 41.4. The van der Waals surface area contributed by atoms with Crippen molar-refractivity contribution in [2.75, 3.05) is 62.6 Å². The van der Waals surface area contributed by atoms with E-state index in [1.54, 1.807) is 4.90 Å². The first kappa shape index (κ1) is 40.2. The zero-order valence-corrected chi connectivity index (χ0v) is 36.4. The van der Waals surface area contributed by atoms with Crippen LogP contribution in [0.1, 0.15) is 118 Å². The second-order valence-electron chi connectivity index (χ2n) is 20.1. The standard InChI is InChI=1S/C46H65N9O4/c1-30(2)54-29-47-37-28-36(49-40(39(37)54)48-32-12-13-32)31-11-14-35-38(25-31)55(34-26-33(27-34)50-17-9-8-10-18-50)42(57)46(35)15-19-51(20-16-46)41(56)45(6,7)53-23-21-52(22-24-53)43(58)59-44(3,4)5/h11,14,25,28-30,32-34H,8-10,12-13,15-24,26-27H2,1-7H3,(H,48,49)/t33-,34+. The number of ether oxygens (including phenoxy) is 1. The maximum atomic E-state index is 15.1. The summed E-state index contributed by atoms with van der Waals surface area (Å²) < 4.78 is 7.81. The molecule has 6 heterocycles. The number of piperidine rings is 2. The lowest BCUT2D eigenvalue weighted by molar-refractivity contribution is -0.146. The Morgan fingerprint density at radius 1 is 0.864 bits per heavy atom. The second kappa shape index (κ2) is 15.0. The number of benzene rings is 1. The molecular formula is C46H65N9O4. The van der Waals surface area contributed by atoms with Crippen molar-refractivity contribution in [1.29, 1.82) is 0 Å². The second-order valence-corrected chi connectivity index (χ2v) is 20.1. The van der Waals surface area contributed by atoms with Crippen molar-refractivity contribution < 1.29 is 19.1 Å². The van der Waals surface area contributed by atoms with Gasteiger partial charge in [0.05, 0.1) is 28.5 Å². The summed E-state index contributed by atoms with van der Waals surface area (Å²) in [6.45, 7) is 19.6. The van der Waals surface area contributed by atoms with Gasteiger partial charge in [0.15, 0.2) is 5.82 Å². The first-order valence-electron chi connectivity index (χ1n) is 22.5. The minimum atomic E-state index is -0.745. The Balaban J connectivity index is 0.968. The van der Waals surface area contributed by atoms with Crippen LogP contribution in [0.2, 0.25) is 0 Å². The monoisotopic (exact) mass is 808 g/mol. The van der Waals surface area contributed by atoms with E-state index >= 15 is 4.79 Å². The summed E-state index contributed by atoms with van der Waals surface area (Å²) >= 11 is 0. The number of likely N-dealkylation sites (tertiary alicyclic amines) is 2. The average Bonchev–Trinajstić information content (AvgIpc) is 3.86. The van der Waals surface area contributed by atoms with Crippen molar-refractivity contribution in [3.63, 3.8) is 0 Å². The number of piperazine rings is 1. The molecule has 2 aliphatic carbocycles. The summed E-state index contributed by atoms with van der Waals surface area (Å²) in [5.41, 5.74) is 3.96. The van der Waals surface area contributed by atoms with Crippen LogP contribution in [-0.2, 0) is 19.7 Å². The van der Waals surface area contributed by atoms with E-state index in [-0.39, 0.29) is 30.0 Å². The molecule has 3 saturated heterocycles. The van der Waals surface area contributed by atoms with Gasteiger partial charge in [-0.05, 0) is 131 Å². The predicted octanol–water partition coefficient (Wildman–Crippen LogP) is 6.81. The van der Waals surface area contributed by atoms with E-state index in [1.165, 1.54) is 19.3 Å². The maximum absolute atomic E-state index is 15.1. The molecule has 1 aromatic carbocycles. The van der Waals surface area contributed by atoms with Crippen molar-refractivity contribution in [2.24, 2.45) is 0 Å². The van der Waals surface area contributed by atoms with E-state index < -0.39 is 16.6 Å². The Bertz CT molecular complexity index is 2090. The van der Waals surface area contributed by atoms with Gasteiger partial charge in [0.25, 0.3) is 0 Å². The normalized spacial score (nSPS) is 24.2. The Kier molecular flexibility index (Phi) is 10.2. The molecule has 9 rings (SSSR count). The van der Waals surface area contributed by atoms with Gasteiger partial charge in [-0.1, -0.05) is 18.6 Å². The van der Waals surface area contributed by atoms with E-state index in [0.717, 1.165) is 78.1 Å². The van der Waals surface area contributed by atoms with Crippen LogP contribution < -0.4 is 10.2 Å². The molecule has 5 fully saturated rings. The number of rotatable bonds is 8. The highest BCUT2D eigenvalue weighted by atomic mass is 16.6. The van der Waals surface area contributed by atoms with Crippen molar-refractivity contribution in [3.8, 4) is 11.3 Å². The SMILES string of the molecule is CC(C)n1cnc2cc(-c3ccc4c(c3)N([C@H]3C[C@@H](N5CCCCC5)C3)C(=O)C43CCN(C(=O)C(C)(C)N4CCN(C(=O)OC(C)(C)C)CC4)CC3)nc(NC3CC3)c21. The molecule has 0 unspecified atom stereocenters. The van der Waals surface area contributed by atoms with Crippen molar-refractivity contribution in [1.82, 2.24) is 34.1 Å². The summed E-state index contributed by atoms with van der Waals surface area (Å²) in [7, 11) is 0. The molecule has 3 aromatic rings. The molecular weight excluding hydrogens is 743 g/mol. The lowest BCUT2D eigenvalue weighted by Crippen LogP contribution is -2.63. The summed E-state index contributed by atoms with van der Waals surface area (Å²) in [6.07, 6.45) is 10.9. The van der Waals surface area contributed by atoms with Crippen LogP contribution in [0.4, 0.5) is 16.3 Å². The molecule has 13 nitrogen and oxygen atoms in total. The maximum Gasteiger partial charge on any atom is 0.410 e. The summed E-state index contributed by atoms with van der Waals surface area (Å²) in [5.74, 6) is 1.16. The average molecular weight is 808 g/mol. The number of hydrogen-bond donors (Lipinski definition) is 1. The minimum absolute atomic E-state index is 0.0799.